The second-order valence-corrected chi connectivity index (χ2v) is 7.44. The van der Waals surface area contributed by atoms with Gasteiger partial charge in [-0.25, -0.2) is 0 Å². The zero-order chi connectivity index (χ0) is 20.5. The van der Waals surface area contributed by atoms with E-state index in [9.17, 15) is 4.79 Å². The van der Waals surface area contributed by atoms with Crippen molar-refractivity contribution in [3.8, 4) is 17.1 Å². The second kappa shape index (κ2) is 10.9. The molecule has 29 heavy (non-hydrogen) atoms. The third-order valence-electron chi connectivity index (χ3n) is 5.20. The molecular formula is C21H31N5O3. The van der Waals surface area contributed by atoms with Gasteiger partial charge in [-0.05, 0) is 50.7 Å². The Morgan fingerprint density at radius 3 is 2.66 bits per heavy atom. The van der Waals surface area contributed by atoms with Gasteiger partial charge in [0.05, 0.1) is 7.11 Å². The lowest BCUT2D eigenvalue weighted by Crippen LogP contribution is -2.44. The highest BCUT2D eigenvalue weighted by molar-refractivity contribution is 5.75. The Kier molecular flexibility index (Phi) is 8.01. The number of carbonyl (C=O) groups excluding carboxylic acids is 1. The Bertz CT molecular complexity index is 754. The van der Waals surface area contributed by atoms with Gasteiger partial charge < -0.3 is 24.4 Å². The average Bonchev–Trinajstić information content (AvgIpc) is 3.22. The van der Waals surface area contributed by atoms with Crippen LogP contribution in [0.5, 0.6) is 5.75 Å². The van der Waals surface area contributed by atoms with Crippen LogP contribution in [0.2, 0.25) is 0 Å². The summed E-state index contributed by atoms with van der Waals surface area (Å²) >= 11 is 0. The molecule has 1 aromatic carbocycles. The highest BCUT2D eigenvalue weighted by atomic mass is 16.5. The maximum Gasteiger partial charge on any atom is 0.227 e. The molecule has 0 unspecified atom stereocenters. The van der Waals surface area contributed by atoms with Crippen molar-refractivity contribution in [3.63, 3.8) is 0 Å². The number of aromatic nitrogens is 2. The van der Waals surface area contributed by atoms with Crippen molar-refractivity contribution in [1.29, 1.82) is 0 Å². The van der Waals surface area contributed by atoms with E-state index in [1.165, 1.54) is 0 Å². The minimum absolute atomic E-state index is 0.0220. The van der Waals surface area contributed by atoms with E-state index in [0.29, 0.717) is 31.1 Å². The normalized spacial score (nSPS) is 15.4. The summed E-state index contributed by atoms with van der Waals surface area (Å²) in [5.74, 6) is 1.79. The maximum absolute atomic E-state index is 12.0. The summed E-state index contributed by atoms with van der Waals surface area (Å²) in [5, 5.41) is 6.97. The highest BCUT2D eigenvalue weighted by Crippen LogP contribution is 2.19. The molecule has 1 fully saturated rings. The van der Waals surface area contributed by atoms with Gasteiger partial charge in [0, 0.05) is 51.1 Å². The molecule has 0 saturated carbocycles. The number of methoxy groups -OCH3 is 1. The molecule has 8 heteroatoms. The average molecular weight is 402 g/mol. The van der Waals surface area contributed by atoms with E-state index < -0.39 is 0 Å². The van der Waals surface area contributed by atoms with Crippen molar-refractivity contribution >= 4 is 5.91 Å². The van der Waals surface area contributed by atoms with Crippen molar-refractivity contribution in [2.75, 3.05) is 53.4 Å². The quantitative estimate of drug-likeness (QED) is 0.608. The van der Waals surface area contributed by atoms with Crippen LogP contribution in [0.1, 0.15) is 25.2 Å². The number of unbranched alkanes of at least 4 members (excludes halogenated alkanes) is 1. The smallest absolute Gasteiger partial charge is 0.227 e. The Balaban J connectivity index is 1.30. The summed E-state index contributed by atoms with van der Waals surface area (Å²) in [4.78, 5) is 21.3. The Hall–Kier alpha value is -2.45. The first-order valence-corrected chi connectivity index (χ1v) is 10.3. The lowest BCUT2D eigenvalue weighted by Gasteiger charge is -2.32. The molecule has 0 spiro atoms. The molecule has 0 radical (unpaired) electrons. The van der Waals surface area contributed by atoms with Gasteiger partial charge in [-0.3, -0.25) is 4.79 Å². The molecule has 2 heterocycles. The number of hydrogen-bond acceptors (Lipinski definition) is 7. The molecule has 1 aromatic heterocycles. The van der Waals surface area contributed by atoms with Crippen molar-refractivity contribution in [2.45, 2.75) is 25.7 Å². The van der Waals surface area contributed by atoms with Gasteiger partial charge >= 0.3 is 0 Å². The van der Waals surface area contributed by atoms with Gasteiger partial charge in [0.25, 0.3) is 0 Å². The number of likely N-dealkylation sites (N-methyl/N-ethyl adjacent to an activating group) is 1. The number of hydrogen-bond donors (Lipinski definition) is 1. The number of ether oxygens (including phenoxy) is 1. The number of amides is 1. The van der Waals surface area contributed by atoms with Gasteiger partial charge in [0.15, 0.2) is 0 Å². The molecule has 8 nitrogen and oxygen atoms in total. The molecule has 0 bridgehead atoms. The zero-order valence-electron chi connectivity index (χ0n) is 17.4. The van der Waals surface area contributed by atoms with E-state index in [1.54, 1.807) is 7.11 Å². The summed E-state index contributed by atoms with van der Waals surface area (Å²) in [7, 11) is 3.79. The summed E-state index contributed by atoms with van der Waals surface area (Å²) in [6, 6.07) is 7.45. The van der Waals surface area contributed by atoms with Crippen LogP contribution in [-0.2, 0) is 11.2 Å². The van der Waals surface area contributed by atoms with Crippen LogP contribution in [0.4, 0.5) is 0 Å². The van der Waals surface area contributed by atoms with Crippen LogP contribution in [0.25, 0.3) is 11.4 Å². The van der Waals surface area contributed by atoms with E-state index in [0.717, 1.165) is 56.9 Å². The topological polar surface area (TPSA) is 83.7 Å². The summed E-state index contributed by atoms with van der Waals surface area (Å²) in [5.41, 5.74) is 0.852. The van der Waals surface area contributed by atoms with E-state index in [1.807, 2.05) is 24.3 Å². The van der Waals surface area contributed by atoms with E-state index >= 15 is 0 Å². The predicted octanol–water partition coefficient (Wildman–Crippen LogP) is 1.82. The standard InChI is InChI=1S/C21H31N5O3/c1-25-13-15-26(16-14-25)12-4-3-11-22-19(27)9-10-20-23-21(24-29-20)17-5-7-18(28-2)8-6-17/h5-8H,3-4,9-16H2,1-2H3,(H,22,27). The van der Waals surface area contributed by atoms with Crippen molar-refractivity contribution in [1.82, 2.24) is 25.3 Å². The third-order valence-corrected chi connectivity index (χ3v) is 5.20. The van der Waals surface area contributed by atoms with Crippen molar-refractivity contribution in [3.05, 3.63) is 30.2 Å². The first kappa shape index (κ1) is 21.3. The molecule has 1 aliphatic heterocycles. The number of rotatable bonds is 10. The Morgan fingerprint density at radius 1 is 1.17 bits per heavy atom. The first-order valence-electron chi connectivity index (χ1n) is 10.3. The molecule has 0 aliphatic carbocycles. The maximum atomic E-state index is 12.0. The van der Waals surface area contributed by atoms with E-state index in [-0.39, 0.29) is 5.91 Å². The van der Waals surface area contributed by atoms with Gasteiger partial charge in [-0.1, -0.05) is 5.16 Å². The first-order chi connectivity index (χ1) is 14.1. The summed E-state index contributed by atoms with van der Waals surface area (Å²) in [6.07, 6.45) is 2.90. The van der Waals surface area contributed by atoms with Gasteiger partial charge in [0.1, 0.15) is 5.75 Å². The fourth-order valence-corrected chi connectivity index (χ4v) is 3.28. The van der Waals surface area contributed by atoms with Crippen LogP contribution < -0.4 is 10.1 Å². The molecule has 158 valence electrons. The molecule has 1 saturated heterocycles. The van der Waals surface area contributed by atoms with Crippen LogP contribution in [-0.4, -0.2) is 79.3 Å². The number of aryl methyl sites for hydroxylation is 1. The number of nitrogens with one attached hydrogen (secondary N) is 1. The van der Waals surface area contributed by atoms with E-state index in [4.69, 9.17) is 9.26 Å². The molecule has 1 aliphatic rings. The van der Waals surface area contributed by atoms with Gasteiger partial charge in [0.2, 0.25) is 17.6 Å². The van der Waals surface area contributed by atoms with Crippen LogP contribution >= 0.6 is 0 Å². The second-order valence-electron chi connectivity index (χ2n) is 7.44. The monoisotopic (exact) mass is 401 g/mol. The minimum atomic E-state index is 0.0220. The largest absolute Gasteiger partial charge is 0.497 e. The van der Waals surface area contributed by atoms with Crippen molar-refractivity contribution < 1.29 is 14.1 Å². The molecule has 3 rings (SSSR count). The molecule has 1 amide bonds. The van der Waals surface area contributed by atoms with Gasteiger partial charge in [-0.2, -0.15) is 4.98 Å². The Morgan fingerprint density at radius 2 is 1.93 bits per heavy atom. The fourth-order valence-electron chi connectivity index (χ4n) is 3.28. The number of piperazine rings is 1. The summed E-state index contributed by atoms with van der Waals surface area (Å²) < 4.78 is 10.4. The lowest BCUT2D eigenvalue weighted by molar-refractivity contribution is -0.121. The summed E-state index contributed by atoms with van der Waals surface area (Å²) in [6.45, 7) is 6.41. The molecule has 2 aromatic rings. The van der Waals surface area contributed by atoms with Crippen molar-refractivity contribution in [2.24, 2.45) is 0 Å². The number of carbonyl (C=O) groups is 1. The van der Waals surface area contributed by atoms with Gasteiger partial charge in [-0.15, -0.1) is 0 Å². The lowest BCUT2D eigenvalue weighted by atomic mass is 10.2. The molecule has 0 atom stereocenters. The Labute approximate surface area is 172 Å². The van der Waals surface area contributed by atoms with Crippen LogP contribution in [0.15, 0.2) is 28.8 Å². The molecule has 1 N–H and O–H groups in total. The number of benzene rings is 1. The zero-order valence-corrected chi connectivity index (χ0v) is 17.4. The van der Waals surface area contributed by atoms with Crippen LogP contribution in [0.3, 0.4) is 0 Å². The highest BCUT2D eigenvalue weighted by Gasteiger charge is 2.13. The number of nitrogens with zero attached hydrogens (tertiary/aromatic N) is 4. The SMILES string of the molecule is COc1ccc(-c2noc(CCC(=O)NCCCCN3CCN(C)CC3)n2)cc1. The third kappa shape index (κ3) is 6.83. The minimum Gasteiger partial charge on any atom is -0.497 e. The van der Waals surface area contributed by atoms with E-state index in [2.05, 4.69) is 32.3 Å². The predicted molar refractivity (Wildman–Crippen MR) is 111 cm³/mol. The molecular weight excluding hydrogens is 370 g/mol. The fraction of sp³-hybridized carbons (Fsp3) is 0.571. The van der Waals surface area contributed by atoms with Crippen LogP contribution in [0, 0.1) is 0 Å².